The van der Waals surface area contributed by atoms with Crippen molar-refractivity contribution in [3.05, 3.63) is 28.1 Å². The van der Waals surface area contributed by atoms with E-state index in [-0.39, 0.29) is 0 Å². The van der Waals surface area contributed by atoms with Crippen molar-refractivity contribution in [2.24, 2.45) is 5.73 Å². The molecule has 1 saturated heterocycles. The van der Waals surface area contributed by atoms with Gasteiger partial charge in [0.05, 0.1) is 11.4 Å². The number of likely N-dealkylation sites (N-methyl/N-ethyl adjacent to an activating group) is 1. The molecule has 0 bridgehead atoms. The lowest BCUT2D eigenvalue weighted by atomic mass is 9.95. The summed E-state index contributed by atoms with van der Waals surface area (Å²) in [6.45, 7) is 2.69. The monoisotopic (exact) mass is 323 g/mol. The standard InChI is InChI=1S/C13H18BrN5/c1-18-6-2-3-9(8-18)10-4-5-12-16-11(7-15)13(14)19(12)17-10/h4-5,9H,2-3,6-8,15H2,1H3. The zero-order valence-electron chi connectivity index (χ0n) is 11.0. The predicted molar refractivity (Wildman–Crippen MR) is 78.1 cm³/mol. The Kier molecular flexibility index (Phi) is 3.56. The molecule has 2 aromatic heterocycles. The molecule has 1 fully saturated rings. The van der Waals surface area contributed by atoms with Gasteiger partial charge in [-0.2, -0.15) is 5.10 Å². The first kappa shape index (κ1) is 13.0. The summed E-state index contributed by atoms with van der Waals surface area (Å²) in [6, 6.07) is 4.12. The van der Waals surface area contributed by atoms with Crippen LogP contribution in [0.5, 0.6) is 0 Å². The molecule has 3 rings (SSSR count). The molecule has 0 aromatic carbocycles. The van der Waals surface area contributed by atoms with Crippen LogP contribution < -0.4 is 5.73 Å². The average molecular weight is 324 g/mol. The van der Waals surface area contributed by atoms with Crippen LogP contribution in [0.25, 0.3) is 5.65 Å². The summed E-state index contributed by atoms with van der Waals surface area (Å²) in [6.07, 6.45) is 2.44. The molecule has 2 N–H and O–H groups in total. The molecule has 5 nitrogen and oxygen atoms in total. The number of fused-ring (bicyclic) bond motifs is 1. The molecule has 0 saturated carbocycles. The van der Waals surface area contributed by atoms with E-state index in [0.29, 0.717) is 12.5 Å². The second kappa shape index (κ2) is 5.19. The first-order valence-corrected chi connectivity index (χ1v) is 7.41. The van der Waals surface area contributed by atoms with Crippen molar-refractivity contribution in [2.75, 3.05) is 20.1 Å². The van der Waals surface area contributed by atoms with Crippen molar-refractivity contribution < 1.29 is 0 Å². The largest absolute Gasteiger partial charge is 0.325 e. The topological polar surface area (TPSA) is 59.5 Å². The Labute approximate surface area is 120 Å². The Bertz CT molecular complexity index is 594. The number of likely N-dealkylation sites (tertiary alicyclic amines) is 1. The number of rotatable bonds is 2. The van der Waals surface area contributed by atoms with Crippen LogP contribution in [0.1, 0.15) is 30.1 Å². The number of halogens is 1. The lowest BCUT2D eigenvalue weighted by Gasteiger charge is -2.29. The maximum atomic E-state index is 5.67. The van der Waals surface area contributed by atoms with E-state index in [4.69, 9.17) is 10.8 Å². The maximum Gasteiger partial charge on any atom is 0.155 e. The average Bonchev–Trinajstić information content (AvgIpc) is 2.75. The van der Waals surface area contributed by atoms with Crippen LogP contribution >= 0.6 is 15.9 Å². The fourth-order valence-corrected chi connectivity index (χ4v) is 3.23. The minimum atomic E-state index is 0.422. The van der Waals surface area contributed by atoms with Gasteiger partial charge in [-0.3, -0.25) is 0 Å². The molecule has 6 heteroatoms. The van der Waals surface area contributed by atoms with E-state index in [2.05, 4.69) is 38.9 Å². The molecule has 0 amide bonds. The van der Waals surface area contributed by atoms with Crippen LogP contribution in [0.2, 0.25) is 0 Å². The predicted octanol–water partition coefficient (Wildman–Crippen LogP) is 1.76. The summed E-state index contributed by atoms with van der Waals surface area (Å²) < 4.78 is 2.72. The van der Waals surface area contributed by atoms with Gasteiger partial charge in [0, 0.05) is 19.0 Å². The number of hydrogen-bond donors (Lipinski definition) is 1. The second-order valence-electron chi connectivity index (χ2n) is 5.18. The van der Waals surface area contributed by atoms with Gasteiger partial charge in [-0.15, -0.1) is 0 Å². The van der Waals surface area contributed by atoms with Gasteiger partial charge >= 0.3 is 0 Å². The minimum Gasteiger partial charge on any atom is -0.325 e. The van der Waals surface area contributed by atoms with Crippen LogP contribution in [-0.4, -0.2) is 39.6 Å². The summed E-state index contributed by atoms with van der Waals surface area (Å²) >= 11 is 3.53. The molecule has 19 heavy (non-hydrogen) atoms. The number of imidazole rings is 1. The zero-order valence-corrected chi connectivity index (χ0v) is 12.6. The van der Waals surface area contributed by atoms with Gasteiger partial charge in [-0.25, -0.2) is 9.50 Å². The number of aromatic nitrogens is 3. The van der Waals surface area contributed by atoms with Gasteiger partial charge in [-0.1, -0.05) is 0 Å². The lowest BCUT2D eigenvalue weighted by molar-refractivity contribution is 0.247. The Morgan fingerprint density at radius 1 is 1.47 bits per heavy atom. The highest BCUT2D eigenvalue weighted by atomic mass is 79.9. The van der Waals surface area contributed by atoms with E-state index in [9.17, 15) is 0 Å². The Hall–Kier alpha value is -0.980. The van der Waals surface area contributed by atoms with Crippen LogP contribution in [-0.2, 0) is 6.54 Å². The molecule has 2 aromatic rings. The molecule has 102 valence electrons. The van der Waals surface area contributed by atoms with Gasteiger partial charge in [0.2, 0.25) is 0 Å². The lowest BCUT2D eigenvalue weighted by Crippen LogP contribution is -2.31. The van der Waals surface area contributed by atoms with E-state index in [1.807, 2.05) is 10.6 Å². The molecule has 1 unspecified atom stereocenters. The maximum absolute atomic E-state index is 5.67. The van der Waals surface area contributed by atoms with Gasteiger partial charge in [-0.05, 0) is 54.5 Å². The van der Waals surface area contributed by atoms with Crippen molar-refractivity contribution >= 4 is 21.6 Å². The van der Waals surface area contributed by atoms with E-state index in [1.165, 1.54) is 19.4 Å². The highest BCUT2D eigenvalue weighted by Gasteiger charge is 2.21. The van der Waals surface area contributed by atoms with Crippen molar-refractivity contribution in [3.63, 3.8) is 0 Å². The Balaban J connectivity index is 1.98. The highest BCUT2D eigenvalue weighted by molar-refractivity contribution is 9.10. The summed E-state index contributed by atoms with van der Waals surface area (Å²) in [5.41, 5.74) is 8.51. The summed E-state index contributed by atoms with van der Waals surface area (Å²) in [4.78, 5) is 6.82. The Morgan fingerprint density at radius 3 is 3.05 bits per heavy atom. The van der Waals surface area contributed by atoms with E-state index in [0.717, 1.165) is 28.2 Å². The van der Waals surface area contributed by atoms with Crippen molar-refractivity contribution in [1.82, 2.24) is 19.5 Å². The molecular weight excluding hydrogens is 306 g/mol. The second-order valence-corrected chi connectivity index (χ2v) is 5.93. The van der Waals surface area contributed by atoms with Crippen LogP contribution in [0, 0.1) is 0 Å². The molecule has 1 aliphatic heterocycles. The number of piperidine rings is 1. The number of hydrogen-bond acceptors (Lipinski definition) is 4. The van der Waals surface area contributed by atoms with Gasteiger partial charge < -0.3 is 10.6 Å². The zero-order chi connectivity index (χ0) is 13.4. The van der Waals surface area contributed by atoms with E-state index < -0.39 is 0 Å². The summed E-state index contributed by atoms with van der Waals surface area (Å²) in [7, 11) is 2.17. The van der Waals surface area contributed by atoms with Crippen molar-refractivity contribution in [3.8, 4) is 0 Å². The summed E-state index contributed by atoms with van der Waals surface area (Å²) in [5.74, 6) is 0.513. The normalized spacial score (nSPS) is 21.1. The SMILES string of the molecule is CN1CCCC(c2ccc3nc(CN)c(Br)n3n2)C1. The number of nitrogens with two attached hydrogens (primary N) is 1. The van der Waals surface area contributed by atoms with Gasteiger partial charge in [0.25, 0.3) is 0 Å². The Morgan fingerprint density at radius 2 is 2.32 bits per heavy atom. The quantitative estimate of drug-likeness (QED) is 0.914. The van der Waals surface area contributed by atoms with Crippen LogP contribution in [0.4, 0.5) is 0 Å². The van der Waals surface area contributed by atoms with E-state index >= 15 is 0 Å². The molecule has 0 spiro atoms. The number of nitrogens with zero attached hydrogens (tertiary/aromatic N) is 4. The van der Waals surface area contributed by atoms with Crippen molar-refractivity contribution in [2.45, 2.75) is 25.3 Å². The summed E-state index contributed by atoms with van der Waals surface area (Å²) in [5, 5.41) is 4.73. The van der Waals surface area contributed by atoms with E-state index in [1.54, 1.807) is 0 Å². The van der Waals surface area contributed by atoms with Gasteiger partial charge in [0.15, 0.2) is 5.65 Å². The third-order valence-electron chi connectivity index (χ3n) is 3.75. The molecule has 0 radical (unpaired) electrons. The molecule has 3 heterocycles. The third kappa shape index (κ3) is 2.40. The van der Waals surface area contributed by atoms with Crippen LogP contribution in [0.15, 0.2) is 16.7 Å². The fraction of sp³-hybridized carbons (Fsp3) is 0.538. The molecule has 1 aliphatic rings. The first-order chi connectivity index (χ1) is 9.19. The third-order valence-corrected chi connectivity index (χ3v) is 4.54. The first-order valence-electron chi connectivity index (χ1n) is 6.61. The van der Waals surface area contributed by atoms with Crippen molar-refractivity contribution in [1.29, 1.82) is 0 Å². The van der Waals surface area contributed by atoms with Gasteiger partial charge in [0.1, 0.15) is 4.60 Å². The minimum absolute atomic E-state index is 0.422. The highest BCUT2D eigenvalue weighted by Crippen LogP contribution is 2.26. The smallest absolute Gasteiger partial charge is 0.155 e. The fourth-order valence-electron chi connectivity index (χ4n) is 2.72. The molecule has 1 atom stereocenters. The van der Waals surface area contributed by atoms with Crippen LogP contribution in [0.3, 0.4) is 0 Å². The molecule has 0 aliphatic carbocycles. The molecular formula is C13H18BrN5.